The van der Waals surface area contributed by atoms with Crippen molar-refractivity contribution in [2.24, 2.45) is 7.05 Å². The van der Waals surface area contributed by atoms with E-state index in [4.69, 9.17) is 0 Å². The van der Waals surface area contributed by atoms with Crippen LogP contribution in [0.25, 0.3) is 0 Å². The maximum absolute atomic E-state index is 12.3. The Bertz CT molecular complexity index is 728. The van der Waals surface area contributed by atoms with Gasteiger partial charge in [0.15, 0.2) is 0 Å². The highest BCUT2D eigenvalue weighted by Crippen LogP contribution is 2.27. The molecular formula is C13H14N6O3. The maximum atomic E-state index is 12.3. The van der Waals surface area contributed by atoms with E-state index in [0.717, 1.165) is 5.69 Å². The van der Waals surface area contributed by atoms with Gasteiger partial charge < -0.3 is 9.80 Å². The summed E-state index contributed by atoms with van der Waals surface area (Å²) in [6.07, 6.45) is 4.87. The molecule has 9 heteroatoms. The number of hydrogen-bond donors (Lipinski definition) is 0. The number of nitrogens with zero attached hydrogens (tertiary/aromatic N) is 6. The van der Waals surface area contributed by atoms with E-state index in [-0.39, 0.29) is 24.0 Å². The summed E-state index contributed by atoms with van der Waals surface area (Å²) >= 11 is 0. The number of hydrogen-bond acceptors (Lipinski definition) is 6. The zero-order valence-electron chi connectivity index (χ0n) is 11.9. The molecule has 0 unspecified atom stereocenters. The van der Waals surface area contributed by atoms with Gasteiger partial charge >= 0.3 is 5.69 Å². The van der Waals surface area contributed by atoms with Gasteiger partial charge in [0.05, 0.1) is 23.4 Å². The van der Waals surface area contributed by atoms with Crippen LogP contribution < -0.4 is 9.80 Å². The van der Waals surface area contributed by atoms with Gasteiger partial charge in [0, 0.05) is 38.6 Å². The first-order valence-corrected chi connectivity index (χ1v) is 6.69. The van der Waals surface area contributed by atoms with Crippen molar-refractivity contribution in [1.29, 1.82) is 0 Å². The Morgan fingerprint density at radius 2 is 2.18 bits per heavy atom. The number of aromatic nitrogens is 3. The van der Waals surface area contributed by atoms with Crippen LogP contribution in [-0.4, -0.2) is 45.2 Å². The molecule has 0 radical (unpaired) electrons. The number of rotatable bonds is 3. The predicted octanol–water partition coefficient (Wildman–Crippen LogP) is 0.576. The summed E-state index contributed by atoms with van der Waals surface area (Å²) in [7, 11) is 1.78. The van der Waals surface area contributed by atoms with Gasteiger partial charge in [-0.15, -0.1) is 0 Å². The minimum absolute atomic E-state index is 0.0484. The highest BCUT2D eigenvalue weighted by atomic mass is 16.6. The Kier molecular flexibility index (Phi) is 3.45. The fraction of sp³-hybridized carbons (Fsp3) is 0.308. The van der Waals surface area contributed by atoms with Crippen molar-refractivity contribution >= 4 is 23.1 Å². The van der Waals surface area contributed by atoms with Gasteiger partial charge in [-0.05, 0) is 6.07 Å². The molecule has 2 aromatic rings. The zero-order chi connectivity index (χ0) is 15.7. The van der Waals surface area contributed by atoms with Gasteiger partial charge in [-0.2, -0.15) is 5.10 Å². The van der Waals surface area contributed by atoms with Gasteiger partial charge in [0.1, 0.15) is 0 Å². The summed E-state index contributed by atoms with van der Waals surface area (Å²) in [5.41, 5.74) is 0.632. The number of nitro groups is 1. The molecule has 1 aliphatic rings. The summed E-state index contributed by atoms with van der Waals surface area (Å²) in [5, 5.41) is 15.1. The molecule has 114 valence electrons. The Hall–Kier alpha value is -2.97. The third kappa shape index (κ3) is 2.48. The highest BCUT2D eigenvalue weighted by molar-refractivity contribution is 5.97. The van der Waals surface area contributed by atoms with E-state index < -0.39 is 4.92 Å². The molecule has 0 aromatic carbocycles. The Morgan fingerprint density at radius 3 is 2.82 bits per heavy atom. The summed E-state index contributed by atoms with van der Waals surface area (Å²) in [4.78, 5) is 30.2. The van der Waals surface area contributed by atoms with Crippen LogP contribution >= 0.6 is 0 Å². The molecule has 0 aliphatic carbocycles. The van der Waals surface area contributed by atoms with Crippen LogP contribution in [0.4, 0.5) is 17.2 Å². The first-order chi connectivity index (χ1) is 10.6. The van der Waals surface area contributed by atoms with Crippen molar-refractivity contribution in [2.75, 3.05) is 29.4 Å². The molecule has 1 aliphatic heterocycles. The average molecular weight is 302 g/mol. The zero-order valence-corrected chi connectivity index (χ0v) is 11.9. The third-order valence-corrected chi connectivity index (χ3v) is 3.49. The maximum Gasteiger partial charge on any atom is 0.311 e. The van der Waals surface area contributed by atoms with Gasteiger partial charge in [-0.3, -0.25) is 19.6 Å². The fourth-order valence-corrected chi connectivity index (χ4v) is 2.45. The van der Waals surface area contributed by atoms with E-state index in [1.165, 1.54) is 18.3 Å². The molecule has 0 bridgehead atoms. The molecule has 0 atom stereocenters. The summed E-state index contributed by atoms with van der Waals surface area (Å²) in [6.45, 7) is 0.948. The first kappa shape index (κ1) is 14.0. The van der Waals surface area contributed by atoms with Gasteiger partial charge in [-0.25, -0.2) is 4.98 Å². The normalized spacial score (nSPS) is 15.2. The molecule has 1 fully saturated rings. The minimum atomic E-state index is -0.486. The quantitative estimate of drug-likeness (QED) is 0.607. The fourth-order valence-electron chi connectivity index (χ4n) is 2.45. The lowest BCUT2D eigenvalue weighted by Crippen LogP contribution is -2.51. The number of piperazine rings is 1. The van der Waals surface area contributed by atoms with E-state index in [2.05, 4.69) is 10.1 Å². The van der Waals surface area contributed by atoms with Crippen LogP contribution in [0.1, 0.15) is 0 Å². The molecule has 3 rings (SSSR count). The molecule has 0 N–H and O–H groups in total. The molecule has 2 aromatic heterocycles. The molecule has 0 spiro atoms. The van der Waals surface area contributed by atoms with Crippen molar-refractivity contribution in [3.05, 3.63) is 40.8 Å². The molecule has 1 amide bonds. The summed E-state index contributed by atoms with van der Waals surface area (Å²) < 4.78 is 1.62. The van der Waals surface area contributed by atoms with Crippen molar-refractivity contribution < 1.29 is 9.72 Å². The van der Waals surface area contributed by atoms with Gasteiger partial charge in [0.2, 0.25) is 11.7 Å². The lowest BCUT2D eigenvalue weighted by atomic mass is 10.2. The standard InChI is InChI=1S/C13H14N6O3/c1-16-8-10(7-15-16)18-6-5-17(9-12(18)20)13-11(19(21)22)3-2-4-14-13/h2-4,7-8H,5-6,9H2,1H3. The first-order valence-electron chi connectivity index (χ1n) is 6.69. The van der Waals surface area contributed by atoms with Crippen molar-refractivity contribution in [2.45, 2.75) is 0 Å². The molecule has 22 heavy (non-hydrogen) atoms. The predicted molar refractivity (Wildman–Crippen MR) is 78.7 cm³/mol. The van der Waals surface area contributed by atoms with Crippen molar-refractivity contribution in [1.82, 2.24) is 14.8 Å². The van der Waals surface area contributed by atoms with Crippen LogP contribution in [0.3, 0.4) is 0 Å². The monoisotopic (exact) mass is 302 g/mol. The van der Waals surface area contributed by atoms with E-state index in [0.29, 0.717) is 13.1 Å². The topological polar surface area (TPSA) is 97.4 Å². The SMILES string of the molecule is Cn1cc(N2CCN(c3ncccc3[N+](=O)[O-])CC2=O)cn1. The van der Waals surface area contributed by atoms with E-state index >= 15 is 0 Å². The minimum Gasteiger partial charge on any atom is -0.340 e. The van der Waals surface area contributed by atoms with Crippen LogP contribution in [0, 0.1) is 10.1 Å². The summed E-state index contributed by atoms with van der Waals surface area (Å²) in [6, 6.07) is 2.90. The van der Waals surface area contributed by atoms with E-state index in [1.807, 2.05) is 0 Å². The molecule has 1 saturated heterocycles. The largest absolute Gasteiger partial charge is 0.340 e. The molecule has 9 nitrogen and oxygen atoms in total. The van der Waals surface area contributed by atoms with Crippen LogP contribution in [-0.2, 0) is 11.8 Å². The number of anilines is 2. The lowest BCUT2D eigenvalue weighted by molar-refractivity contribution is -0.384. The van der Waals surface area contributed by atoms with Gasteiger partial charge in [0.25, 0.3) is 0 Å². The summed E-state index contributed by atoms with van der Waals surface area (Å²) in [5.74, 6) is 0.0888. The third-order valence-electron chi connectivity index (χ3n) is 3.49. The molecule has 0 saturated carbocycles. The number of carbonyl (C=O) groups is 1. The Balaban J connectivity index is 1.81. The second-order valence-corrected chi connectivity index (χ2v) is 4.94. The molecule has 3 heterocycles. The second-order valence-electron chi connectivity index (χ2n) is 4.94. The number of amides is 1. The Morgan fingerprint density at radius 1 is 1.36 bits per heavy atom. The molecular weight excluding hydrogens is 288 g/mol. The second kappa shape index (κ2) is 5.43. The lowest BCUT2D eigenvalue weighted by Gasteiger charge is -2.33. The number of carbonyl (C=O) groups excluding carboxylic acids is 1. The number of aryl methyl sites for hydroxylation is 1. The average Bonchev–Trinajstić information content (AvgIpc) is 2.93. The van der Waals surface area contributed by atoms with E-state index in [9.17, 15) is 14.9 Å². The highest BCUT2D eigenvalue weighted by Gasteiger charge is 2.30. The van der Waals surface area contributed by atoms with Crippen LogP contribution in [0.5, 0.6) is 0 Å². The smallest absolute Gasteiger partial charge is 0.311 e. The van der Waals surface area contributed by atoms with Crippen LogP contribution in [0.2, 0.25) is 0 Å². The Labute approximate surface area is 125 Å². The van der Waals surface area contributed by atoms with Gasteiger partial charge in [-0.1, -0.05) is 0 Å². The van der Waals surface area contributed by atoms with Crippen molar-refractivity contribution in [3.8, 4) is 0 Å². The van der Waals surface area contributed by atoms with E-state index in [1.54, 1.807) is 33.9 Å². The van der Waals surface area contributed by atoms with Crippen molar-refractivity contribution in [3.63, 3.8) is 0 Å². The van der Waals surface area contributed by atoms with Crippen LogP contribution in [0.15, 0.2) is 30.7 Å². The number of pyridine rings is 1.